The number of hydrogen-bond acceptors (Lipinski definition) is 5. The predicted molar refractivity (Wildman–Crippen MR) is 98.9 cm³/mol. The lowest BCUT2D eigenvalue weighted by molar-refractivity contribution is 1.27. The van der Waals surface area contributed by atoms with Crippen molar-refractivity contribution < 1.29 is 0 Å². The molecular weight excluding hydrogens is 350 g/mol. The van der Waals surface area contributed by atoms with E-state index in [0.29, 0.717) is 44.8 Å². The fourth-order valence-corrected chi connectivity index (χ4v) is 3.17. The van der Waals surface area contributed by atoms with Crippen LogP contribution in [0.4, 0.5) is 5.69 Å². The summed E-state index contributed by atoms with van der Waals surface area (Å²) in [7, 11) is 0. The minimum Gasteiger partial charge on any atom is -0.245 e. The van der Waals surface area contributed by atoms with Crippen molar-refractivity contribution in [2.45, 2.75) is 0 Å². The number of benzene rings is 2. The number of allylic oxidation sites excluding steroid dienone is 1. The molecule has 1 aromatic heterocycles. The van der Waals surface area contributed by atoms with Gasteiger partial charge in [0.1, 0.15) is 12.1 Å². The Hall–Kier alpha value is -5.03. The molecule has 0 fully saturated rings. The Bertz CT molecular complexity index is 1440. The van der Waals surface area contributed by atoms with Crippen molar-refractivity contribution in [3.05, 3.63) is 81.2 Å². The fraction of sp³-hybridized carbons (Fsp3) is 0. The average Bonchev–Trinajstić information content (AvgIpc) is 3.04. The third-order valence-corrected chi connectivity index (χ3v) is 4.39. The van der Waals surface area contributed by atoms with Crippen LogP contribution in [0.2, 0.25) is 0 Å². The van der Waals surface area contributed by atoms with Crippen LogP contribution in [-0.2, 0) is 0 Å². The highest BCUT2D eigenvalue weighted by Crippen LogP contribution is 2.46. The molecule has 0 atom stereocenters. The average molecular weight is 355 g/mol. The van der Waals surface area contributed by atoms with Crippen LogP contribution in [0.3, 0.4) is 0 Å². The molecule has 0 aliphatic heterocycles. The second-order valence-electron chi connectivity index (χ2n) is 5.82. The zero-order valence-corrected chi connectivity index (χ0v) is 14.0. The summed E-state index contributed by atoms with van der Waals surface area (Å²) in [6, 6.07) is 13.7. The number of aromatic nitrogens is 2. The number of rotatable bonds is 0. The van der Waals surface area contributed by atoms with Gasteiger partial charge in [-0.3, -0.25) is 0 Å². The molecule has 0 spiro atoms. The number of nitrogens with zero attached hydrogens (tertiary/aromatic N) is 7. The van der Waals surface area contributed by atoms with Crippen molar-refractivity contribution in [3.8, 4) is 29.5 Å². The Morgan fingerprint density at radius 1 is 0.857 bits per heavy atom. The quantitative estimate of drug-likeness (QED) is 0.348. The lowest BCUT2D eigenvalue weighted by Crippen LogP contribution is -1.96. The van der Waals surface area contributed by atoms with E-state index >= 15 is 0 Å². The molecule has 0 amide bonds. The Balaban J connectivity index is 2.16. The first-order valence-electron chi connectivity index (χ1n) is 7.85. The van der Waals surface area contributed by atoms with Crippen LogP contribution >= 0.6 is 0 Å². The Labute approximate surface area is 159 Å². The van der Waals surface area contributed by atoms with E-state index in [1.807, 2.05) is 18.2 Å². The van der Waals surface area contributed by atoms with E-state index in [1.165, 1.54) is 12.1 Å². The lowest BCUT2D eigenvalue weighted by atomic mass is 10.0. The Morgan fingerprint density at radius 2 is 1.50 bits per heavy atom. The largest absolute Gasteiger partial charge is 0.271 e. The van der Waals surface area contributed by atoms with Gasteiger partial charge in [0.15, 0.2) is 5.69 Å². The van der Waals surface area contributed by atoms with Crippen molar-refractivity contribution in [2.24, 2.45) is 0 Å². The molecule has 3 aromatic rings. The van der Waals surface area contributed by atoms with Crippen molar-refractivity contribution in [3.63, 3.8) is 0 Å². The third kappa shape index (κ3) is 2.18. The van der Waals surface area contributed by atoms with Crippen LogP contribution in [-0.4, -0.2) is 9.97 Å². The fourth-order valence-electron chi connectivity index (χ4n) is 3.17. The van der Waals surface area contributed by atoms with E-state index < -0.39 is 0 Å². The maximum Gasteiger partial charge on any atom is 0.271 e. The van der Waals surface area contributed by atoms with E-state index in [1.54, 1.807) is 18.2 Å². The first-order chi connectivity index (χ1) is 13.6. The molecule has 0 unspecified atom stereocenters. The van der Waals surface area contributed by atoms with Crippen LogP contribution in [0, 0.1) is 47.1 Å². The second kappa shape index (κ2) is 6.05. The van der Waals surface area contributed by atoms with Gasteiger partial charge in [-0.2, -0.15) is 10.5 Å². The molecule has 124 valence electrons. The zero-order chi connectivity index (χ0) is 19.8. The summed E-state index contributed by atoms with van der Waals surface area (Å²) >= 11 is 0. The van der Waals surface area contributed by atoms with E-state index in [2.05, 4.69) is 19.7 Å². The maximum absolute atomic E-state index is 9.42. The highest BCUT2D eigenvalue weighted by Gasteiger charge is 2.30. The predicted octanol–water partition coefficient (Wildman–Crippen LogP) is 4.11. The van der Waals surface area contributed by atoms with Gasteiger partial charge in [-0.05, 0) is 23.8 Å². The van der Waals surface area contributed by atoms with Gasteiger partial charge >= 0.3 is 0 Å². The molecule has 0 N–H and O–H groups in total. The minimum absolute atomic E-state index is 0.148. The van der Waals surface area contributed by atoms with Gasteiger partial charge in [0.2, 0.25) is 0 Å². The molecule has 28 heavy (non-hydrogen) atoms. The Morgan fingerprint density at radius 3 is 2.04 bits per heavy atom. The monoisotopic (exact) mass is 355 g/mol. The minimum atomic E-state index is -0.148. The summed E-state index contributed by atoms with van der Waals surface area (Å²) in [6.07, 6.45) is 0. The van der Waals surface area contributed by atoms with Crippen molar-refractivity contribution >= 4 is 22.3 Å². The van der Waals surface area contributed by atoms with E-state index in [-0.39, 0.29) is 16.8 Å². The molecule has 1 aliphatic rings. The molecule has 0 radical (unpaired) electrons. The molecule has 2 aromatic carbocycles. The summed E-state index contributed by atoms with van der Waals surface area (Å²) in [5, 5.41) is 27.9. The zero-order valence-electron chi connectivity index (χ0n) is 14.0. The Kier molecular flexibility index (Phi) is 3.55. The topological polar surface area (TPSA) is 106 Å². The molecule has 0 bridgehead atoms. The van der Waals surface area contributed by atoms with E-state index in [0.717, 1.165) is 0 Å². The number of nitriles is 3. The van der Waals surface area contributed by atoms with Crippen molar-refractivity contribution in [1.82, 2.24) is 9.97 Å². The normalized spacial score (nSPS) is 12.5. The SMILES string of the molecule is [C-]#[N+]/C(C#N)=C1\c2cc([N+]#[C-])ccc2-c2nc3cc(C#N)c(C#N)cc3nc21. The smallest absolute Gasteiger partial charge is 0.245 e. The first kappa shape index (κ1) is 16.4. The summed E-state index contributed by atoms with van der Waals surface area (Å²) in [6.45, 7) is 14.6. The van der Waals surface area contributed by atoms with Crippen LogP contribution in [0.15, 0.2) is 36.0 Å². The van der Waals surface area contributed by atoms with E-state index in [9.17, 15) is 15.8 Å². The lowest BCUT2D eigenvalue weighted by Gasteiger charge is -2.05. The molecular formula is C21H5N7. The molecule has 1 heterocycles. The van der Waals surface area contributed by atoms with Crippen LogP contribution < -0.4 is 0 Å². The molecule has 4 rings (SSSR count). The highest BCUT2D eigenvalue weighted by atomic mass is 14.9. The van der Waals surface area contributed by atoms with Crippen LogP contribution in [0.25, 0.3) is 37.6 Å². The number of hydrogen-bond donors (Lipinski definition) is 0. The summed E-state index contributed by atoms with van der Waals surface area (Å²) in [5.74, 6) is 0. The molecule has 0 saturated heterocycles. The van der Waals surface area contributed by atoms with Gasteiger partial charge in [-0.1, -0.05) is 12.1 Å². The van der Waals surface area contributed by atoms with Gasteiger partial charge in [0.25, 0.3) is 5.70 Å². The van der Waals surface area contributed by atoms with Gasteiger partial charge in [0.05, 0.1) is 52.8 Å². The van der Waals surface area contributed by atoms with Gasteiger partial charge in [0, 0.05) is 11.1 Å². The molecule has 7 nitrogen and oxygen atoms in total. The summed E-state index contributed by atoms with van der Waals surface area (Å²) in [5.41, 5.74) is 3.75. The first-order valence-corrected chi connectivity index (χ1v) is 7.85. The van der Waals surface area contributed by atoms with Crippen LogP contribution in [0.5, 0.6) is 0 Å². The van der Waals surface area contributed by atoms with Crippen LogP contribution in [0.1, 0.15) is 22.4 Å². The van der Waals surface area contributed by atoms with Gasteiger partial charge in [-0.25, -0.2) is 24.9 Å². The molecule has 0 saturated carbocycles. The maximum atomic E-state index is 9.42. The summed E-state index contributed by atoms with van der Waals surface area (Å²) < 4.78 is 0. The van der Waals surface area contributed by atoms with Gasteiger partial charge < -0.3 is 0 Å². The van der Waals surface area contributed by atoms with Gasteiger partial charge in [-0.15, -0.1) is 0 Å². The highest BCUT2D eigenvalue weighted by molar-refractivity contribution is 6.03. The second-order valence-corrected chi connectivity index (χ2v) is 5.82. The van der Waals surface area contributed by atoms with Crippen molar-refractivity contribution in [1.29, 1.82) is 15.8 Å². The van der Waals surface area contributed by atoms with E-state index in [4.69, 9.17) is 13.1 Å². The number of fused-ring (bicyclic) bond motifs is 4. The summed E-state index contributed by atoms with van der Waals surface area (Å²) in [4.78, 5) is 15.9. The van der Waals surface area contributed by atoms with Crippen molar-refractivity contribution in [2.75, 3.05) is 0 Å². The standard InChI is InChI=1S/C21H5N7/c1-25-13-3-4-14-15(7-13)19(18(10-24)26-2)21-20(14)27-16-5-11(8-22)12(9-23)6-17(16)28-21/h3-7H/b19-18+. The molecule has 1 aliphatic carbocycles. The molecule has 7 heteroatoms. The third-order valence-electron chi connectivity index (χ3n) is 4.39.